The van der Waals surface area contributed by atoms with Crippen molar-refractivity contribution in [2.24, 2.45) is 0 Å². The summed E-state index contributed by atoms with van der Waals surface area (Å²) in [5.41, 5.74) is 0.836. The number of hydrogen-bond donors (Lipinski definition) is 1. The maximum absolute atomic E-state index is 12.2. The van der Waals surface area contributed by atoms with Crippen molar-refractivity contribution in [3.8, 4) is 0 Å². The second-order valence-corrected chi connectivity index (χ2v) is 7.80. The molecule has 0 atom stereocenters. The maximum atomic E-state index is 12.2. The monoisotopic (exact) mass is 376 g/mol. The molecule has 0 aromatic heterocycles. The van der Waals surface area contributed by atoms with Gasteiger partial charge in [-0.05, 0) is 43.4 Å². The van der Waals surface area contributed by atoms with E-state index < -0.39 is 0 Å². The molecule has 2 amide bonds. The zero-order valence-electron chi connectivity index (χ0n) is 15.4. The van der Waals surface area contributed by atoms with Gasteiger partial charge >= 0.3 is 0 Å². The Morgan fingerprint density at radius 1 is 0.923 bits per heavy atom. The van der Waals surface area contributed by atoms with Crippen LogP contribution < -0.4 is 5.32 Å². The lowest BCUT2D eigenvalue weighted by molar-refractivity contribution is -0.132. The van der Waals surface area contributed by atoms with Gasteiger partial charge in [0.1, 0.15) is 0 Å². The van der Waals surface area contributed by atoms with Gasteiger partial charge in [-0.15, -0.1) is 11.8 Å². The number of carbonyl (C=O) groups is 2. The van der Waals surface area contributed by atoms with Crippen LogP contribution in [0.15, 0.2) is 29.2 Å². The molecule has 2 aliphatic heterocycles. The molecule has 0 saturated carbocycles. The van der Waals surface area contributed by atoms with Crippen LogP contribution in [0.1, 0.15) is 12.8 Å². The molecule has 2 heterocycles. The van der Waals surface area contributed by atoms with E-state index >= 15 is 0 Å². The molecule has 142 valence electrons. The molecule has 26 heavy (non-hydrogen) atoms. The van der Waals surface area contributed by atoms with Crippen LogP contribution in [0.2, 0.25) is 0 Å². The second-order valence-electron chi connectivity index (χ2n) is 6.92. The highest BCUT2D eigenvalue weighted by molar-refractivity contribution is 7.98. The number of anilines is 1. The molecule has 0 aliphatic carbocycles. The lowest BCUT2D eigenvalue weighted by Gasteiger charge is -2.34. The van der Waals surface area contributed by atoms with Gasteiger partial charge in [-0.3, -0.25) is 19.4 Å². The summed E-state index contributed by atoms with van der Waals surface area (Å²) in [7, 11) is 0. The second kappa shape index (κ2) is 9.39. The summed E-state index contributed by atoms with van der Waals surface area (Å²) in [4.78, 5) is 32.0. The molecule has 1 aromatic rings. The minimum atomic E-state index is 0.0171. The quantitative estimate of drug-likeness (QED) is 0.764. The van der Waals surface area contributed by atoms with Crippen molar-refractivity contribution < 1.29 is 9.59 Å². The van der Waals surface area contributed by atoms with E-state index in [1.54, 1.807) is 11.8 Å². The average molecular weight is 377 g/mol. The Morgan fingerprint density at radius 3 is 2.08 bits per heavy atom. The van der Waals surface area contributed by atoms with Gasteiger partial charge in [-0.2, -0.15) is 0 Å². The number of nitrogens with zero attached hydrogens (tertiary/aromatic N) is 3. The fourth-order valence-electron chi connectivity index (χ4n) is 3.44. The molecule has 2 saturated heterocycles. The smallest absolute Gasteiger partial charge is 0.238 e. The maximum Gasteiger partial charge on any atom is 0.238 e. The molecule has 0 radical (unpaired) electrons. The number of thioether (sulfide) groups is 1. The van der Waals surface area contributed by atoms with Crippen LogP contribution in [0.5, 0.6) is 0 Å². The van der Waals surface area contributed by atoms with E-state index in [0.29, 0.717) is 13.1 Å². The molecule has 2 fully saturated rings. The molecule has 0 unspecified atom stereocenters. The lowest BCUT2D eigenvalue weighted by Crippen LogP contribution is -2.51. The number of nitrogens with one attached hydrogen (secondary N) is 1. The third-order valence-corrected chi connectivity index (χ3v) is 5.77. The van der Waals surface area contributed by atoms with Crippen molar-refractivity contribution in [1.82, 2.24) is 14.7 Å². The van der Waals surface area contributed by atoms with E-state index in [9.17, 15) is 9.59 Å². The Morgan fingerprint density at radius 2 is 1.50 bits per heavy atom. The summed E-state index contributed by atoms with van der Waals surface area (Å²) in [5, 5.41) is 2.96. The largest absolute Gasteiger partial charge is 0.342 e. The first kappa shape index (κ1) is 19.2. The van der Waals surface area contributed by atoms with Gasteiger partial charge < -0.3 is 10.2 Å². The van der Waals surface area contributed by atoms with Crippen molar-refractivity contribution in [3.63, 3.8) is 0 Å². The number of piperazine rings is 1. The first-order chi connectivity index (χ1) is 12.6. The highest BCUT2D eigenvalue weighted by atomic mass is 32.2. The van der Waals surface area contributed by atoms with E-state index in [0.717, 1.165) is 57.8 Å². The van der Waals surface area contributed by atoms with Crippen LogP contribution in [0.25, 0.3) is 0 Å². The lowest BCUT2D eigenvalue weighted by atomic mass is 10.3. The van der Waals surface area contributed by atoms with Gasteiger partial charge in [0.05, 0.1) is 13.1 Å². The first-order valence-corrected chi connectivity index (χ1v) is 10.5. The van der Waals surface area contributed by atoms with Crippen molar-refractivity contribution in [3.05, 3.63) is 24.3 Å². The van der Waals surface area contributed by atoms with Crippen molar-refractivity contribution >= 4 is 29.3 Å². The average Bonchev–Trinajstić information content (AvgIpc) is 3.19. The highest BCUT2D eigenvalue weighted by Crippen LogP contribution is 2.17. The normalized spacial score (nSPS) is 18.9. The molecular weight excluding hydrogens is 348 g/mol. The number of benzene rings is 1. The van der Waals surface area contributed by atoms with Crippen LogP contribution in [-0.2, 0) is 9.59 Å². The molecule has 0 spiro atoms. The molecule has 1 N–H and O–H groups in total. The fraction of sp³-hybridized carbons (Fsp3) is 0.579. The molecule has 3 rings (SSSR count). The minimum absolute atomic E-state index is 0.0171. The summed E-state index contributed by atoms with van der Waals surface area (Å²) in [5.74, 6) is 0.269. The molecule has 7 heteroatoms. The Kier molecular flexibility index (Phi) is 6.93. The van der Waals surface area contributed by atoms with Gasteiger partial charge in [0.15, 0.2) is 0 Å². The van der Waals surface area contributed by atoms with E-state index in [-0.39, 0.29) is 11.8 Å². The Hall–Kier alpha value is -1.57. The Bertz CT molecular complexity index is 608. The van der Waals surface area contributed by atoms with E-state index in [4.69, 9.17) is 0 Å². The molecule has 1 aromatic carbocycles. The first-order valence-electron chi connectivity index (χ1n) is 9.30. The van der Waals surface area contributed by atoms with Gasteiger partial charge in [0.25, 0.3) is 0 Å². The third kappa shape index (κ3) is 5.46. The van der Waals surface area contributed by atoms with Crippen molar-refractivity contribution in [2.45, 2.75) is 17.7 Å². The molecule has 2 aliphatic rings. The van der Waals surface area contributed by atoms with Gasteiger partial charge in [-0.1, -0.05) is 0 Å². The van der Waals surface area contributed by atoms with Crippen LogP contribution in [-0.4, -0.2) is 85.1 Å². The highest BCUT2D eigenvalue weighted by Gasteiger charge is 2.24. The molecular formula is C19H28N4O2S. The fourth-order valence-corrected chi connectivity index (χ4v) is 3.85. The Balaban J connectivity index is 1.37. The summed E-state index contributed by atoms with van der Waals surface area (Å²) in [6.45, 7) is 6.08. The summed E-state index contributed by atoms with van der Waals surface area (Å²) >= 11 is 1.68. The van der Waals surface area contributed by atoms with Gasteiger partial charge in [0, 0.05) is 49.9 Å². The summed E-state index contributed by atoms with van der Waals surface area (Å²) in [6, 6.07) is 7.89. The standard InChI is InChI=1S/C19H28N4O2S/c1-26-17-6-4-16(5-7-17)20-18(24)14-21-10-12-22(13-11-21)15-19(25)23-8-2-3-9-23/h4-7H,2-3,8-15H2,1H3,(H,20,24). The van der Waals surface area contributed by atoms with Crippen LogP contribution in [0, 0.1) is 0 Å². The number of rotatable bonds is 6. The number of amides is 2. The minimum Gasteiger partial charge on any atom is -0.342 e. The van der Waals surface area contributed by atoms with Crippen molar-refractivity contribution in [1.29, 1.82) is 0 Å². The third-order valence-electron chi connectivity index (χ3n) is 5.02. The van der Waals surface area contributed by atoms with E-state index in [2.05, 4.69) is 15.1 Å². The predicted octanol–water partition coefficient (Wildman–Crippen LogP) is 1.59. The summed E-state index contributed by atoms with van der Waals surface area (Å²) in [6.07, 6.45) is 4.30. The van der Waals surface area contributed by atoms with Gasteiger partial charge in [-0.25, -0.2) is 0 Å². The topological polar surface area (TPSA) is 55.9 Å². The predicted molar refractivity (Wildman–Crippen MR) is 106 cm³/mol. The Labute approximate surface area is 159 Å². The number of hydrogen-bond acceptors (Lipinski definition) is 5. The number of likely N-dealkylation sites (tertiary alicyclic amines) is 1. The van der Waals surface area contributed by atoms with Crippen LogP contribution in [0.3, 0.4) is 0 Å². The SMILES string of the molecule is CSc1ccc(NC(=O)CN2CCN(CC(=O)N3CCCC3)CC2)cc1. The van der Waals surface area contributed by atoms with Crippen LogP contribution in [0.4, 0.5) is 5.69 Å². The van der Waals surface area contributed by atoms with Gasteiger partial charge in [0.2, 0.25) is 11.8 Å². The molecule has 6 nitrogen and oxygen atoms in total. The van der Waals surface area contributed by atoms with E-state index in [1.165, 1.54) is 4.90 Å². The van der Waals surface area contributed by atoms with Crippen molar-refractivity contribution in [2.75, 3.05) is 63.9 Å². The summed E-state index contributed by atoms with van der Waals surface area (Å²) < 4.78 is 0. The molecule has 0 bridgehead atoms. The zero-order valence-corrected chi connectivity index (χ0v) is 16.3. The van der Waals surface area contributed by atoms with Crippen LogP contribution >= 0.6 is 11.8 Å². The number of carbonyl (C=O) groups excluding carboxylic acids is 2. The van der Waals surface area contributed by atoms with E-state index in [1.807, 2.05) is 35.4 Å². The zero-order chi connectivity index (χ0) is 18.4.